The van der Waals surface area contributed by atoms with Crippen molar-refractivity contribution < 1.29 is 18.3 Å². The van der Waals surface area contributed by atoms with E-state index in [1.807, 2.05) is 6.26 Å². The summed E-state index contributed by atoms with van der Waals surface area (Å²) in [6.07, 6.45) is 5.03. The van der Waals surface area contributed by atoms with Gasteiger partial charge in [-0.3, -0.25) is 4.79 Å². The Morgan fingerprint density at radius 3 is 2.44 bits per heavy atom. The molecular formula is C9H17NO4S2. The molecule has 0 aromatic rings. The van der Waals surface area contributed by atoms with E-state index in [-0.39, 0.29) is 4.75 Å². The van der Waals surface area contributed by atoms with Gasteiger partial charge in [0.1, 0.15) is 0 Å². The number of aliphatic carboxylic acids is 1. The molecule has 0 aromatic heterocycles. The highest BCUT2D eigenvalue weighted by atomic mass is 32.2. The molecule has 2 N–H and O–H groups in total. The Morgan fingerprint density at radius 1 is 1.56 bits per heavy atom. The number of hydrogen-bond donors (Lipinski definition) is 2. The van der Waals surface area contributed by atoms with Gasteiger partial charge in [-0.2, -0.15) is 11.8 Å². The van der Waals surface area contributed by atoms with E-state index in [9.17, 15) is 13.2 Å². The number of thioether (sulfide) groups is 1. The van der Waals surface area contributed by atoms with Crippen molar-refractivity contribution in [1.29, 1.82) is 0 Å². The highest BCUT2D eigenvalue weighted by Crippen LogP contribution is 2.42. The van der Waals surface area contributed by atoms with Crippen LogP contribution in [0.25, 0.3) is 0 Å². The number of hydrogen-bond acceptors (Lipinski definition) is 4. The van der Waals surface area contributed by atoms with Crippen LogP contribution in [0.3, 0.4) is 0 Å². The lowest BCUT2D eigenvalue weighted by atomic mass is 9.84. The summed E-state index contributed by atoms with van der Waals surface area (Å²) in [5.41, 5.74) is 0. The summed E-state index contributed by atoms with van der Waals surface area (Å²) < 4.78 is 25.5. The van der Waals surface area contributed by atoms with Gasteiger partial charge in [-0.25, -0.2) is 13.1 Å². The number of carboxylic acid groups (broad SMARTS) is 1. The third-order valence-electron chi connectivity index (χ3n) is 3.11. The van der Waals surface area contributed by atoms with Crippen LogP contribution < -0.4 is 4.72 Å². The second-order valence-corrected chi connectivity index (χ2v) is 7.45. The fraction of sp³-hybridized carbons (Fsp3) is 0.889. The van der Waals surface area contributed by atoms with Gasteiger partial charge in [0.2, 0.25) is 10.0 Å². The predicted molar refractivity (Wildman–Crippen MR) is 64.1 cm³/mol. The smallest absolute Gasteiger partial charge is 0.323 e. The van der Waals surface area contributed by atoms with Gasteiger partial charge in [-0.05, 0) is 26.0 Å². The van der Waals surface area contributed by atoms with Crippen LogP contribution in [0.2, 0.25) is 0 Å². The Morgan fingerprint density at radius 2 is 2.12 bits per heavy atom. The van der Waals surface area contributed by atoms with Crippen molar-refractivity contribution in [3.05, 3.63) is 0 Å². The molecule has 1 aliphatic rings. The maximum absolute atomic E-state index is 11.6. The average Bonchev–Trinajstić information content (AvgIpc) is 2.15. The summed E-state index contributed by atoms with van der Waals surface area (Å²) in [5, 5.41) is 7.25. The van der Waals surface area contributed by atoms with Crippen LogP contribution >= 0.6 is 11.8 Å². The van der Waals surface area contributed by atoms with E-state index in [2.05, 4.69) is 4.72 Å². The molecule has 5 nitrogen and oxygen atoms in total. The fourth-order valence-electron chi connectivity index (χ4n) is 1.51. The SMILES string of the molecule is CSC1(CNS(=O)(=O)C(C)C(=O)O)CCC1. The molecule has 0 heterocycles. The summed E-state index contributed by atoms with van der Waals surface area (Å²) in [6, 6.07) is 0. The van der Waals surface area contributed by atoms with Gasteiger partial charge in [-0.1, -0.05) is 6.42 Å². The highest BCUT2D eigenvalue weighted by molar-refractivity contribution is 8.00. The van der Waals surface area contributed by atoms with Crippen molar-refractivity contribution in [2.24, 2.45) is 0 Å². The van der Waals surface area contributed by atoms with E-state index < -0.39 is 21.2 Å². The van der Waals surface area contributed by atoms with Crippen LogP contribution in [0.5, 0.6) is 0 Å². The van der Waals surface area contributed by atoms with Crippen molar-refractivity contribution in [2.45, 2.75) is 36.2 Å². The topological polar surface area (TPSA) is 83.5 Å². The maximum Gasteiger partial charge on any atom is 0.323 e. The molecule has 94 valence electrons. The third kappa shape index (κ3) is 2.89. The molecule has 0 aliphatic heterocycles. The highest BCUT2D eigenvalue weighted by Gasteiger charge is 2.38. The lowest BCUT2D eigenvalue weighted by molar-refractivity contribution is -0.136. The lowest BCUT2D eigenvalue weighted by Gasteiger charge is -2.40. The molecular weight excluding hydrogens is 250 g/mol. The first kappa shape index (κ1) is 13.8. The van der Waals surface area contributed by atoms with Crippen LogP contribution in [0.1, 0.15) is 26.2 Å². The largest absolute Gasteiger partial charge is 0.480 e. The first-order valence-electron chi connectivity index (χ1n) is 5.09. The van der Waals surface area contributed by atoms with Gasteiger partial charge >= 0.3 is 5.97 Å². The number of carboxylic acids is 1. The summed E-state index contributed by atoms with van der Waals surface area (Å²) >= 11 is 1.65. The molecule has 0 saturated heterocycles. The second kappa shape index (κ2) is 4.93. The van der Waals surface area contributed by atoms with Gasteiger partial charge in [-0.15, -0.1) is 0 Å². The lowest BCUT2D eigenvalue weighted by Crippen LogP contribution is -2.48. The van der Waals surface area contributed by atoms with E-state index in [0.717, 1.165) is 19.3 Å². The summed E-state index contributed by atoms with van der Waals surface area (Å²) in [5.74, 6) is -1.32. The normalized spacial score (nSPS) is 21.1. The Labute approximate surface area is 100 Å². The number of nitrogens with one attached hydrogen (secondary N) is 1. The van der Waals surface area contributed by atoms with E-state index in [0.29, 0.717) is 6.54 Å². The Bertz CT molecular complexity index is 356. The molecule has 16 heavy (non-hydrogen) atoms. The fourth-order valence-corrected chi connectivity index (χ4v) is 3.51. The van der Waals surface area contributed by atoms with E-state index >= 15 is 0 Å². The number of sulfonamides is 1. The van der Waals surface area contributed by atoms with Crippen LogP contribution in [0.15, 0.2) is 0 Å². The van der Waals surface area contributed by atoms with Crippen molar-refractivity contribution in [3.63, 3.8) is 0 Å². The quantitative estimate of drug-likeness (QED) is 0.739. The zero-order chi connectivity index (χ0) is 12.4. The second-order valence-electron chi connectivity index (χ2n) is 4.09. The predicted octanol–water partition coefficient (Wildman–Crippen LogP) is 0.665. The molecule has 0 aromatic carbocycles. The molecule has 1 aliphatic carbocycles. The van der Waals surface area contributed by atoms with Crippen molar-refractivity contribution in [2.75, 3.05) is 12.8 Å². The molecule has 1 fully saturated rings. The Kier molecular flexibility index (Phi) is 4.25. The van der Waals surface area contributed by atoms with Crippen molar-refractivity contribution >= 4 is 27.8 Å². The standard InChI is InChI=1S/C9H17NO4S2/c1-7(8(11)12)16(13,14)10-6-9(15-2)4-3-5-9/h7,10H,3-6H2,1-2H3,(H,11,12). The van der Waals surface area contributed by atoms with Gasteiger partial charge in [0.05, 0.1) is 0 Å². The molecule has 7 heteroatoms. The van der Waals surface area contributed by atoms with Crippen molar-refractivity contribution in [3.8, 4) is 0 Å². The summed E-state index contributed by atoms with van der Waals surface area (Å²) in [4.78, 5) is 10.6. The summed E-state index contributed by atoms with van der Waals surface area (Å²) in [7, 11) is -3.74. The molecule has 0 bridgehead atoms. The molecule has 1 rings (SSSR count). The minimum Gasteiger partial charge on any atom is -0.480 e. The van der Waals surface area contributed by atoms with Gasteiger partial charge in [0.25, 0.3) is 0 Å². The van der Waals surface area contributed by atoms with Crippen LogP contribution in [0.4, 0.5) is 0 Å². The molecule has 1 saturated carbocycles. The average molecular weight is 267 g/mol. The number of rotatable bonds is 6. The van der Waals surface area contributed by atoms with E-state index in [4.69, 9.17) is 5.11 Å². The molecule has 1 atom stereocenters. The van der Waals surface area contributed by atoms with E-state index in [1.165, 1.54) is 6.92 Å². The van der Waals surface area contributed by atoms with Gasteiger partial charge in [0, 0.05) is 11.3 Å². The summed E-state index contributed by atoms with van der Waals surface area (Å²) in [6.45, 7) is 1.51. The molecule has 1 unspecified atom stereocenters. The van der Waals surface area contributed by atoms with Gasteiger partial charge in [0.15, 0.2) is 5.25 Å². The number of carbonyl (C=O) groups is 1. The molecule has 0 spiro atoms. The first-order valence-corrected chi connectivity index (χ1v) is 7.86. The Hall–Kier alpha value is -0.270. The zero-order valence-electron chi connectivity index (χ0n) is 9.39. The Balaban J connectivity index is 2.57. The van der Waals surface area contributed by atoms with Gasteiger partial charge < -0.3 is 5.11 Å². The molecule has 0 amide bonds. The van der Waals surface area contributed by atoms with Crippen LogP contribution in [0, 0.1) is 0 Å². The molecule has 0 radical (unpaired) electrons. The monoisotopic (exact) mass is 267 g/mol. The minimum absolute atomic E-state index is 0.0225. The van der Waals surface area contributed by atoms with Crippen molar-refractivity contribution in [1.82, 2.24) is 4.72 Å². The maximum atomic E-state index is 11.6. The minimum atomic E-state index is -3.74. The third-order valence-corrected chi connectivity index (χ3v) is 6.20. The first-order chi connectivity index (χ1) is 7.33. The van der Waals surface area contributed by atoms with Crippen LogP contribution in [-0.2, 0) is 14.8 Å². The van der Waals surface area contributed by atoms with E-state index in [1.54, 1.807) is 11.8 Å². The zero-order valence-corrected chi connectivity index (χ0v) is 11.0. The van der Waals surface area contributed by atoms with Crippen LogP contribution in [-0.4, -0.2) is 42.3 Å².